The predicted octanol–water partition coefficient (Wildman–Crippen LogP) is 1.88. The van der Waals surface area contributed by atoms with Gasteiger partial charge in [0.15, 0.2) is 0 Å². The minimum absolute atomic E-state index is 0.217. The molecule has 1 aliphatic rings. The number of para-hydroxylation sites is 1. The van der Waals surface area contributed by atoms with Crippen LogP contribution in [0.15, 0.2) is 30.5 Å². The first-order chi connectivity index (χ1) is 16.1. The van der Waals surface area contributed by atoms with Gasteiger partial charge in [0.1, 0.15) is 24.2 Å². The molecule has 2 heterocycles. The number of fused-ring (bicyclic) bond motifs is 1. The number of amides is 3. The van der Waals surface area contributed by atoms with E-state index in [2.05, 4.69) is 20.4 Å². The monoisotopic (exact) mass is 472 g/mol. The molecule has 184 valence electrons. The molecule has 1 aliphatic heterocycles. The molecule has 2 atom stereocenters. The molecule has 0 saturated carbocycles. The van der Waals surface area contributed by atoms with E-state index < -0.39 is 35.7 Å². The molecule has 0 radical (unpaired) electrons. The maximum atomic E-state index is 13.6. The van der Waals surface area contributed by atoms with Crippen molar-refractivity contribution in [3.05, 3.63) is 36.0 Å². The number of carbonyl (C=O) groups is 4. The Balaban J connectivity index is 1.81. The van der Waals surface area contributed by atoms with Gasteiger partial charge in [0.2, 0.25) is 11.8 Å². The molecule has 1 aromatic heterocycles. The molecule has 2 aromatic rings. The van der Waals surface area contributed by atoms with Crippen LogP contribution in [0.1, 0.15) is 39.2 Å². The Morgan fingerprint density at radius 2 is 1.94 bits per heavy atom. The number of hydrogen-bond acceptors (Lipinski definition) is 6. The second-order valence-corrected chi connectivity index (χ2v) is 9.25. The van der Waals surface area contributed by atoms with Crippen molar-refractivity contribution in [2.75, 3.05) is 20.2 Å². The third-order valence-corrected chi connectivity index (χ3v) is 5.56. The normalized spacial score (nSPS) is 16.7. The van der Waals surface area contributed by atoms with Gasteiger partial charge in [-0.1, -0.05) is 18.2 Å². The van der Waals surface area contributed by atoms with E-state index in [-0.39, 0.29) is 18.9 Å². The molecule has 0 bridgehead atoms. The van der Waals surface area contributed by atoms with Gasteiger partial charge in [-0.2, -0.15) is 0 Å². The Morgan fingerprint density at radius 3 is 2.65 bits per heavy atom. The summed E-state index contributed by atoms with van der Waals surface area (Å²) in [6.07, 6.45) is 2.41. The highest BCUT2D eigenvalue weighted by molar-refractivity contribution is 5.93. The zero-order chi connectivity index (χ0) is 24.9. The number of likely N-dealkylation sites (tertiary alicyclic amines) is 1. The lowest BCUT2D eigenvalue weighted by molar-refractivity contribution is -0.143. The van der Waals surface area contributed by atoms with Crippen molar-refractivity contribution in [3.8, 4) is 0 Å². The molecule has 1 saturated heterocycles. The number of esters is 1. The third-order valence-electron chi connectivity index (χ3n) is 5.56. The lowest BCUT2D eigenvalue weighted by atomic mass is 10.0. The van der Waals surface area contributed by atoms with E-state index in [1.165, 1.54) is 12.0 Å². The van der Waals surface area contributed by atoms with E-state index in [0.29, 0.717) is 19.4 Å². The Morgan fingerprint density at radius 1 is 1.21 bits per heavy atom. The molecule has 0 spiro atoms. The van der Waals surface area contributed by atoms with E-state index in [9.17, 15) is 19.2 Å². The first-order valence-electron chi connectivity index (χ1n) is 11.3. The van der Waals surface area contributed by atoms with E-state index in [1.807, 2.05) is 30.5 Å². The second kappa shape index (κ2) is 10.6. The number of nitrogens with one attached hydrogen (secondary N) is 3. The van der Waals surface area contributed by atoms with Crippen LogP contribution in [0.5, 0.6) is 0 Å². The number of nitrogens with zero attached hydrogens (tertiary/aromatic N) is 1. The first-order valence-corrected chi connectivity index (χ1v) is 11.3. The first kappa shape index (κ1) is 25.1. The Labute approximate surface area is 198 Å². The molecule has 1 aromatic carbocycles. The van der Waals surface area contributed by atoms with Gasteiger partial charge >= 0.3 is 12.1 Å². The molecule has 3 rings (SSSR count). The van der Waals surface area contributed by atoms with Crippen molar-refractivity contribution in [1.82, 2.24) is 20.5 Å². The number of aromatic amines is 1. The number of hydrogen-bond donors (Lipinski definition) is 3. The number of alkyl carbamates (subject to hydrolysis) is 1. The molecule has 3 amide bonds. The Kier molecular flexibility index (Phi) is 7.80. The van der Waals surface area contributed by atoms with Crippen LogP contribution in [-0.4, -0.2) is 71.6 Å². The highest BCUT2D eigenvalue weighted by atomic mass is 16.6. The highest BCUT2D eigenvalue weighted by Crippen LogP contribution is 2.23. The molecule has 10 nitrogen and oxygen atoms in total. The number of carbonyl (C=O) groups excluding carboxylic acids is 4. The van der Waals surface area contributed by atoms with Crippen LogP contribution in [0.25, 0.3) is 10.9 Å². The molecule has 3 N–H and O–H groups in total. The van der Waals surface area contributed by atoms with Crippen molar-refractivity contribution >= 4 is 34.8 Å². The predicted molar refractivity (Wildman–Crippen MR) is 125 cm³/mol. The van der Waals surface area contributed by atoms with Crippen molar-refractivity contribution in [2.45, 2.75) is 57.7 Å². The average Bonchev–Trinajstić information content (AvgIpc) is 3.42. The molecule has 1 fully saturated rings. The summed E-state index contributed by atoms with van der Waals surface area (Å²) in [6, 6.07) is 6.01. The van der Waals surface area contributed by atoms with Crippen LogP contribution < -0.4 is 10.6 Å². The average molecular weight is 473 g/mol. The van der Waals surface area contributed by atoms with E-state index in [1.54, 1.807) is 20.8 Å². The summed E-state index contributed by atoms with van der Waals surface area (Å²) < 4.78 is 9.93. The van der Waals surface area contributed by atoms with Gasteiger partial charge in [0.05, 0.1) is 7.11 Å². The summed E-state index contributed by atoms with van der Waals surface area (Å²) >= 11 is 0. The van der Waals surface area contributed by atoms with Crippen molar-refractivity contribution < 1.29 is 28.7 Å². The lowest BCUT2D eigenvalue weighted by Crippen LogP contribution is -2.55. The molecular formula is C24H32N4O6. The Bertz CT molecular complexity index is 1060. The van der Waals surface area contributed by atoms with Crippen LogP contribution >= 0.6 is 0 Å². The number of benzene rings is 1. The quantitative estimate of drug-likeness (QED) is 0.528. The molecule has 10 heteroatoms. The number of methoxy groups -OCH3 is 1. The van der Waals surface area contributed by atoms with Crippen molar-refractivity contribution in [1.29, 1.82) is 0 Å². The zero-order valence-corrected chi connectivity index (χ0v) is 20.0. The van der Waals surface area contributed by atoms with E-state index in [0.717, 1.165) is 16.5 Å². The van der Waals surface area contributed by atoms with Crippen LogP contribution in [0.2, 0.25) is 0 Å². The van der Waals surface area contributed by atoms with E-state index >= 15 is 0 Å². The standard InChI is InChI=1S/C24H32N4O6/c1-24(2,3)34-23(32)27-18(12-15-13-25-17-9-6-5-8-16(15)17)22(31)28-11-7-10-19(28)21(30)26-14-20(29)33-4/h5-6,8-9,13,18-19,25H,7,10-12,14H2,1-4H3,(H,26,30)(H,27,32)/t18-,19-/m0/s1. The third kappa shape index (κ3) is 6.27. The number of ether oxygens (including phenoxy) is 2. The largest absolute Gasteiger partial charge is 0.468 e. The maximum Gasteiger partial charge on any atom is 0.408 e. The SMILES string of the molecule is COC(=O)CNC(=O)[C@@H]1CCCN1C(=O)[C@H](Cc1c[nH]c2ccccc12)NC(=O)OC(C)(C)C. The van der Waals surface area contributed by atoms with Crippen LogP contribution in [-0.2, 0) is 30.3 Å². The molecule has 34 heavy (non-hydrogen) atoms. The summed E-state index contributed by atoms with van der Waals surface area (Å²) in [4.78, 5) is 54.9. The minimum atomic E-state index is -0.942. The fourth-order valence-corrected chi connectivity index (χ4v) is 4.02. The van der Waals surface area contributed by atoms with Gasteiger partial charge in [-0.05, 0) is 45.2 Å². The summed E-state index contributed by atoms with van der Waals surface area (Å²) in [5.74, 6) is -1.39. The maximum absolute atomic E-state index is 13.6. The van der Waals surface area contributed by atoms with Gasteiger partial charge in [-0.25, -0.2) is 4.79 Å². The van der Waals surface area contributed by atoms with Gasteiger partial charge in [0.25, 0.3) is 0 Å². The lowest BCUT2D eigenvalue weighted by Gasteiger charge is -2.29. The summed E-state index contributed by atoms with van der Waals surface area (Å²) in [6.45, 7) is 5.32. The van der Waals surface area contributed by atoms with Crippen LogP contribution in [0, 0.1) is 0 Å². The fraction of sp³-hybridized carbons (Fsp3) is 0.500. The highest BCUT2D eigenvalue weighted by Gasteiger charge is 2.38. The number of rotatable bonds is 7. The molecule has 0 unspecified atom stereocenters. The number of aromatic nitrogens is 1. The van der Waals surface area contributed by atoms with Crippen LogP contribution in [0.3, 0.4) is 0 Å². The molecular weight excluding hydrogens is 440 g/mol. The Hall–Kier alpha value is -3.56. The summed E-state index contributed by atoms with van der Waals surface area (Å²) in [5, 5.41) is 6.16. The van der Waals surface area contributed by atoms with Crippen molar-refractivity contribution in [2.24, 2.45) is 0 Å². The molecule has 0 aliphatic carbocycles. The van der Waals surface area contributed by atoms with E-state index in [4.69, 9.17) is 4.74 Å². The summed E-state index contributed by atoms with van der Waals surface area (Å²) in [5.41, 5.74) is 1.04. The minimum Gasteiger partial charge on any atom is -0.468 e. The fourth-order valence-electron chi connectivity index (χ4n) is 4.02. The topological polar surface area (TPSA) is 130 Å². The van der Waals surface area contributed by atoms with Gasteiger partial charge in [-0.15, -0.1) is 0 Å². The zero-order valence-electron chi connectivity index (χ0n) is 20.0. The second-order valence-electron chi connectivity index (χ2n) is 9.25. The van der Waals surface area contributed by atoms with Gasteiger partial charge < -0.3 is 30.0 Å². The summed E-state index contributed by atoms with van der Waals surface area (Å²) in [7, 11) is 1.23. The van der Waals surface area contributed by atoms with Crippen LogP contribution in [0.4, 0.5) is 4.79 Å². The van der Waals surface area contributed by atoms with Gasteiger partial charge in [-0.3, -0.25) is 14.4 Å². The number of H-pyrrole nitrogens is 1. The van der Waals surface area contributed by atoms with Crippen molar-refractivity contribution in [3.63, 3.8) is 0 Å². The smallest absolute Gasteiger partial charge is 0.408 e. The van der Waals surface area contributed by atoms with Gasteiger partial charge in [0, 0.05) is 30.1 Å².